The summed E-state index contributed by atoms with van der Waals surface area (Å²) >= 11 is 2.05. The number of amides is 1. The van der Waals surface area contributed by atoms with E-state index >= 15 is 0 Å². The van der Waals surface area contributed by atoms with E-state index in [-0.39, 0.29) is 11.9 Å². The Bertz CT molecular complexity index is 684. The Kier molecular flexibility index (Phi) is 6.68. The van der Waals surface area contributed by atoms with Crippen LogP contribution >= 0.6 is 11.8 Å². The number of thioether (sulfide) groups is 1. The summed E-state index contributed by atoms with van der Waals surface area (Å²) in [5, 5.41) is 0.674. The first-order valence-corrected chi connectivity index (χ1v) is 11.8. The van der Waals surface area contributed by atoms with E-state index in [0.717, 1.165) is 49.7 Å². The Balaban J connectivity index is 1.42. The van der Waals surface area contributed by atoms with Crippen LogP contribution in [0.5, 0.6) is 11.5 Å². The molecule has 154 valence electrons. The summed E-state index contributed by atoms with van der Waals surface area (Å²) in [6, 6.07) is 6.33. The van der Waals surface area contributed by atoms with E-state index in [1.807, 2.05) is 17.8 Å². The average Bonchev–Trinajstić information content (AvgIpc) is 3.11. The molecule has 3 aliphatic heterocycles. The molecule has 0 saturated carbocycles. The largest absolute Gasteiger partial charge is 0.486 e. The summed E-state index contributed by atoms with van der Waals surface area (Å²) in [5.41, 5.74) is 1.17. The highest BCUT2D eigenvalue weighted by Gasteiger charge is 2.32. The molecular formula is C22H32N2O3S. The van der Waals surface area contributed by atoms with E-state index in [4.69, 9.17) is 9.47 Å². The molecule has 2 atom stereocenters. The zero-order valence-electron chi connectivity index (χ0n) is 16.9. The number of benzene rings is 1. The summed E-state index contributed by atoms with van der Waals surface area (Å²) < 4.78 is 11.4. The van der Waals surface area contributed by atoms with Crippen molar-refractivity contribution < 1.29 is 14.3 Å². The van der Waals surface area contributed by atoms with Gasteiger partial charge in [0.15, 0.2) is 11.5 Å². The summed E-state index contributed by atoms with van der Waals surface area (Å²) in [6.45, 7) is 6.94. The second-order valence-electron chi connectivity index (χ2n) is 7.96. The van der Waals surface area contributed by atoms with Gasteiger partial charge in [0.25, 0.3) is 0 Å². The molecule has 3 aliphatic rings. The van der Waals surface area contributed by atoms with Crippen molar-refractivity contribution in [2.75, 3.05) is 45.1 Å². The Hall–Kier alpha value is -1.40. The van der Waals surface area contributed by atoms with Crippen LogP contribution in [0, 0.1) is 0 Å². The summed E-state index contributed by atoms with van der Waals surface area (Å²) in [4.78, 5) is 17.7. The number of likely N-dealkylation sites (tertiary alicyclic amines) is 2. The first kappa shape index (κ1) is 19.9. The molecular weight excluding hydrogens is 372 g/mol. The lowest BCUT2D eigenvalue weighted by molar-refractivity contribution is -0.133. The molecule has 2 fully saturated rings. The molecule has 1 aromatic rings. The van der Waals surface area contributed by atoms with Gasteiger partial charge in [-0.3, -0.25) is 9.69 Å². The van der Waals surface area contributed by atoms with Crippen LogP contribution in [0.2, 0.25) is 0 Å². The second-order valence-corrected chi connectivity index (χ2v) is 9.53. The molecule has 0 aromatic heterocycles. The number of carbonyl (C=O) groups excluding carboxylic acids is 1. The zero-order chi connectivity index (χ0) is 19.3. The van der Waals surface area contributed by atoms with Crippen molar-refractivity contribution in [3.05, 3.63) is 23.8 Å². The topological polar surface area (TPSA) is 42.0 Å². The highest BCUT2D eigenvalue weighted by atomic mass is 32.2. The van der Waals surface area contributed by atoms with Gasteiger partial charge in [-0.25, -0.2) is 0 Å². The third-order valence-electron chi connectivity index (χ3n) is 6.00. The van der Waals surface area contributed by atoms with Crippen LogP contribution in [0.25, 0.3) is 0 Å². The number of hydrogen-bond acceptors (Lipinski definition) is 5. The van der Waals surface area contributed by atoms with E-state index in [1.165, 1.54) is 24.8 Å². The molecule has 5 nitrogen and oxygen atoms in total. The minimum Gasteiger partial charge on any atom is -0.486 e. The lowest BCUT2D eigenvalue weighted by Gasteiger charge is -2.30. The third-order valence-corrected chi connectivity index (χ3v) is 7.19. The summed E-state index contributed by atoms with van der Waals surface area (Å²) in [5.74, 6) is 3.06. The maximum atomic E-state index is 13.2. The number of rotatable bonds is 5. The molecule has 0 radical (unpaired) electrons. The number of carbonyl (C=O) groups is 1. The van der Waals surface area contributed by atoms with Crippen molar-refractivity contribution in [1.29, 1.82) is 0 Å². The van der Waals surface area contributed by atoms with Crippen molar-refractivity contribution in [2.45, 2.75) is 50.3 Å². The van der Waals surface area contributed by atoms with Crippen molar-refractivity contribution in [3.8, 4) is 11.5 Å². The van der Waals surface area contributed by atoms with Crippen LogP contribution in [0.1, 0.15) is 50.6 Å². The first-order valence-electron chi connectivity index (χ1n) is 10.8. The smallest absolute Gasteiger partial charge is 0.237 e. The molecule has 28 heavy (non-hydrogen) atoms. The Morgan fingerprint density at radius 2 is 1.96 bits per heavy atom. The highest BCUT2D eigenvalue weighted by molar-refractivity contribution is 7.99. The van der Waals surface area contributed by atoms with Gasteiger partial charge in [-0.2, -0.15) is 11.8 Å². The lowest BCUT2D eigenvalue weighted by Crippen LogP contribution is -2.42. The molecule has 1 aromatic carbocycles. The van der Waals surface area contributed by atoms with Crippen molar-refractivity contribution in [2.24, 2.45) is 0 Å². The molecule has 2 unspecified atom stereocenters. The van der Waals surface area contributed by atoms with Crippen LogP contribution < -0.4 is 9.47 Å². The predicted octanol–water partition coefficient (Wildman–Crippen LogP) is 3.73. The van der Waals surface area contributed by atoms with Gasteiger partial charge in [-0.15, -0.1) is 0 Å². The molecule has 0 N–H and O–H groups in total. The quantitative estimate of drug-likeness (QED) is 0.748. The van der Waals surface area contributed by atoms with Crippen LogP contribution in [-0.2, 0) is 4.79 Å². The zero-order valence-corrected chi connectivity index (χ0v) is 17.7. The van der Waals surface area contributed by atoms with Crippen LogP contribution in [0.4, 0.5) is 0 Å². The molecule has 0 bridgehead atoms. The van der Waals surface area contributed by atoms with Gasteiger partial charge in [0.1, 0.15) is 13.2 Å². The first-order chi connectivity index (χ1) is 13.7. The van der Waals surface area contributed by atoms with E-state index in [2.05, 4.69) is 28.9 Å². The van der Waals surface area contributed by atoms with E-state index in [1.54, 1.807) is 0 Å². The molecule has 3 heterocycles. The van der Waals surface area contributed by atoms with Gasteiger partial charge in [0.05, 0.1) is 12.6 Å². The van der Waals surface area contributed by atoms with Gasteiger partial charge in [-0.1, -0.05) is 19.4 Å². The fourth-order valence-electron chi connectivity index (χ4n) is 4.65. The highest BCUT2D eigenvalue weighted by Crippen LogP contribution is 2.38. The molecule has 1 amide bonds. The average molecular weight is 405 g/mol. The summed E-state index contributed by atoms with van der Waals surface area (Å²) in [7, 11) is 0. The lowest BCUT2D eigenvalue weighted by atomic mass is 10.0. The van der Waals surface area contributed by atoms with E-state index < -0.39 is 0 Å². The van der Waals surface area contributed by atoms with E-state index in [0.29, 0.717) is 25.0 Å². The Morgan fingerprint density at radius 1 is 1.11 bits per heavy atom. The van der Waals surface area contributed by atoms with Gasteiger partial charge >= 0.3 is 0 Å². The standard InChI is InChI=1S/C22H32N2O3S/c1-2-28-18-6-3-4-10-23(15-18)16-22(25)24-11-5-7-19(24)17-8-9-20-21(14-17)27-13-12-26-20/h8-9,14,18-19H,2-7,10-13,15-16H2,1H3. The summed E-state index contributed by atoms with van der Waals surface area (Å²) in [6.07, 6.45) is 5.87. The maximum absolute atomic E-state index is 13.2. The number of hydrogen-bond donors (Lipinski definition) is 0. The number of nitrogens with zero attached hydrogens (tertiary/aromatic N) is 2. The van der Waals surface area contributed by atoms with E-state index in [9.17, 15) is 4.79 Å². The third kappa shape index (κ3) is 4.60. The number of ether oxygens (including phenoxy) is 2. The van der Waals surface area contributed by atoms with Crippen molar-refractivity contribution in [1.82, 2.24) is 9.80 Å². The van der Waals surface area contributed by atoms with Gasteiger partial charge < -0.3 is 14.4 Å². The molecule has 6 heteroatoms. The van der Waals surface area contributed by atoms with Gasteiger partial charge in [0, 0.05) is 18.3 Å². The van der Waals surface area contributed by atoms with Crippen molar-refractivity contribution in [3.63, 3.8) is 0 Å². The molecule has 0 aliphatic carbocycles. The fourth-order valence-corrected chi connectivity index (χ4v) is 5.78. The second kappa shape index (κ2) is 9.40. The molecule has 2 saturated heterocycles. The number of fused-ring (bicyclic) bond motifs is 1. The van der Waals surface area contributed by atoms with Crippen LogP contribution in [-0.4, -0.2) is 66.1 Å². The monoisotopic (exact) mass is 404 g/mol. The SMILES string of the molecule is CCSC1CCCCN(CC(=O)N2CCCC2c2ccc3c(c2)OCCO3)C1. The fraction of sp³-hybridized carbons (Fsp3) is 0.682. The Morgan fingerprint density at radius 3 is 2.82 bits per heavy atom. The van der Waals surface area contributed by atoms with Crippen LogP contribution in [0.3, 0.4) is 0 Å². The van der Waals surface area contributed by atoms with Gasteiger partial charge in [-0.05, 0) is 55.7 Å². The predicted molar refractivity (Wildman–Crippen MR) is 113 cm³/mol. The van der Waals surface area contributed by atoms with Crippen molar-refractivity contribution >= 4 is 17.7 Å². The van der Waals surface area contributed by atoms with Crippen LogP contribution in [0.15, 0.2) is 18.2 Å². The Labute approximate surface area is 172 Å². The minimum atomic E-state index is 0.163. The van der Waals surface area contributed by atoms with Gasteiger partial charge in [0.2, 0.25) is 5.91 Å². The molecule has 0 spiro atoms. The minimum absolute atomic E-state index is 0.163. The normalized spacial score (nSPS) is 25.5. The molecule has 4 rings (SSSR count). The maximum Gasteiger partial charge on any atom is 0.237 e.